The number of pyridine rings is 1. The van der Waals surface area contributed by atoms with Crippen molar-refractivity contribution in [3.8, 4) is 5.88 Å². The highest BCUT2D eigenvalue weighted by molar-refractivity contribution is 5.73. The van der Waals surface area contributed by atoms with Gasteiger partial charge in [0.25, 0.3) is 0 Å². The van der Waals surface area contributed by atoms with Crippen molar-refractivity contribution in [2.24, 2.45) is 5.92 Å². The summed E-state index contributed by atoms with van der Waals surface area (Å²) in [6, 6.07) is 6.89. The zero-order valence-corrected chi connectivity index (χ0v) is 20.9. The van der Waals surface area contributed by atoms with Gasteiger partial charge in [-0.05, 0) is 55.9 Å². The highest BCUT2D eigenvalue weighted by Gasteiger charge is 2.46. The van der Waals surface area contributed by atoms with Crippen LogP contribution in [0.1, 0.15) is 31.4 Å². The number of carbonyl (C=O) groups is 2. The first-order valence-corrected chi connectivity index (χ1v) is 11.9. The number of rotatable bonds is 6. The van der Waals surface area contributed by atoms with Crippen molar-refractivity contribution < 1.29 is 64.4 Å². The molecule has 2 aliphatic rings. The molecule has 0 saturated carbocycles. The fourth-order valence-electron chi connectivity index (χ4n) is 4.23. The van der Waals surface area contributed by atoms with E-state index in [0.29, 0.717) is 12.5 Å². The molecule has 0 bridgehead atoms. The van der Waals surface area contributed by atoms with Gasteiger partial charge in [0.15, 0.2) is 5.82 Å². The quantitative estimate of drug-likeness (QED) is 0.453. The molecule has 4 heterocycles. The standard InChI is InChI=1S/C20H25FN2O3.2C2HF3O2/c21-18-4-1-9-22-19(18)25-13-5-16-6-14-26-20(16)7-10-23(11-8-20)15-17-3-2-12-24-17;2*3-2(4,5)1(6)7/h1-4,9,12,16H,5-8,10-11,13-15H2;2*(H,6,7). The number of alkyl halides is 6. The lowest BCUT2D eigenvalue weighted by Gasteiger charge is -2.42. The van der Waals surface area contributed by atoms with E-state index in [0.717, 1.165) is 57.7 Å². The van der Waals surface area contributed by atoms with E-state index < -0.39 is 30.1 Å². The molecule has 2 aliphatic heterocycles. The van der Waals surface area contributed by atoms with Gasteiger partial charge in [-0.1, -0.05) is 0 Å². The summed E-state index contributed by atoms with van der Waals surface area (Å²) < 4.78 is 94.3. The molecule has 224 valence electrons. The molecule has 9 nitrogen and oxygen atoms in total. The predicted octanol–water partition coefficient (Wildman–Crippen LogP) is 4.92. The molecule has 0 aliphatic carbocycles. The second-order valence-corrected chi connectivity index (χ2v) is 8.79. The van der Waals surface area contributed by atoms with Crippen LogP contribution in [-0.2, 0) is 20.9 Å². The molecule has 1 spiro atoms. The summed E-state index contributed by atoms with van der Waals surface area (Å²) in [7, 11) is 0. The topological polar surface area (TPSA) is 122 Å². The number of aliphatic carboxylic acids is 2. The maximum absolute atomic E-state index is 13.6. The molecule has 1 unspecified atom stereocenters. The molecule has 2 N–H and O–H groups in total. The Kier molecular flexibility index (Phi) is 11.7. The summed E-state index contributed by atoms with van der Waals surface area (Å²) in [6.45, 7) is 4.15. The van der Waals surface area contributed by atoms with E-state index in [-0.39, 0.29) is 11.5 Å². The molecule has 2 aromatic heterocycles. The van der Waals surface area contributed by atoms with Gasteiger partial charge >= 0.3 is 24.3 Å². The summed E-state index contributed by atoms with van der Waals surface area (Å²) in [6.07, 6.45) is -2.93. The molecule has 2 aromatic rings. The van der Waals surface area contributed by atoms with Crippen LogP contribution in [0, 0.1) is 11.7 Å². The fourth-order valence-corrected chi connectivity index (χ4v) is 4.23. The predicted molar refractivity (Wildman–Crippen MR) is 122 cm³/mol. The van der Waals surface area contributed by atoms with Gasteiger partial charge in [0.2, 0.25) is 5.88 Å². The number of ether oxygens (including phenoxy) is 2. The van der Waals surface area contributed by atoms with Crippen molar-refractivity contribution in [3.05, 3.63) is 48.3 Å². The fraction of sp³-hybridized carbons (Fsp3) is 0.542. The molecule has 2 saturated heterocycles. The van der Waals surface area contributed by atoms with E-state index in [1.165, 1.54) is 6.07 Å². The van der Waals surface area contributed by atoms with Crippen LogP contribution in [0.4, 0.5) is 30.7 Å². The molecular formula is C24H27F7N2O7. The van der Waals surface area contributed by atoms with E-state index in [4.69, 9.17) is 33.7 Å². The van der Waals surface area contributed by atoms with Gasteiger partial charge in [-0.3, -0.25) is 4.90 Å². The number of aromatic nitrogens is 1. The number of likely N-dealkylation sites (tertiary alicyclic amines) is 1. The van der Waals surface area contributed by atoms with Crippen LogP contribution < -0.4 is 4.74 Å². The first kappa shape index (κ1) is 32.8. The van der Waals surface area contributed by atoms with Crippen LogP contribution in [0.15, 0.2) is 41.1 Å². The van der Waals surface area contributed by atoms with Gasteiger partial charge in [0.05, 0.1) is 25.0 Å². The van der Waals surface area contributed by atoms with Crippen LogP contribution in [0.25, 0.3) is 0 Å². The summed E-state index contributed by atoms with van der Waals surface area (Å²) >= 11 is 0. The number of furan rings is 1. The molecule has 40 heavy (non-hydrogen) atoms. The van der Waals surface area contributed by atoms with Crippen molar-refractivity contribution in [1.82, 2.24) is 9.88 Å². The Morgan fingerprint density at radius 3 is 2.15 bits per heavy atom. The first-order valence-electron chi connectivity index (χ1n) is 11.9. The van der Waals surface area contributed by atoms with Crippen molar-refractivity contribution >= 4 is 11.9 Å². The Balaban J connectivity index is 0.000000333. The highest BCUT2D eigenvalue weighted by atomic mass is 19.4. The minimum absolute atomic E-state index is 0.0499. The SMILES string of the molecule is Fc1cccnc1OCCC1CCOC12CCN(Cc1ccco1)CC2.O=C(O)C(F)(F)F.O=C(O)C(F)(F)F. The van der Waals surface area contributed by atoms with Crippen molar-refractivity contribution in [3.63, 3.8) is 0 Å². The molecule has 0 aromatic carbocycles. The van der Waals surface area contributed by atoms with Gasteiger partial charge in [0.1, 0.15) is 5.76 Å². The largest absolute Gasteiger partial charge is 0.490 e. The Bertz CT molecular complexity index is 1050. The molecule has 1 atom stereocenters. The van der Waals surface area contributed by atoms with Gasteiger partial charge in [-0.2, -0.15) is 26.3 Å². The third kappa shape index (κ3) is 10.3. The lowest BCUT2D eigenvalue weighted by molar-refractivity contribution is -0.193. The first-order chi connectivity index (χ1) is 18.6. The Labute approximate surface area is 223 Å². The Morgan fingerprint density at radius 2 is 1.65 bits per heavy atom. The van der Waals surface area contributed by atoms with Gasteiger partial charge in [0, 0.05) is 25.9 Å². The molecule has 4 rings (SSSR count). The van der Waals surface area contributed by atoms with Gasteiger partial charge < -0.3 is 24.1 Å². The van der Waals surface area contributed by atoms with E-state index in [1.807, 2.05) is 12.1 Å². The number of carboxylic acid groups (broad SMARTS) is 2. The van der Waals surface area contributed by atoms with Crippen LogP contribution in [-0.4, -0.2) is 76.3 Å². The summed E-state index contributed by atoms with van der Waals surface area (Å²) in [5.74, 6) is -4.36. The molecule has 16 heteroatoms. The monoisotopic (exact) mass is 588 g/mol. The number of nitrogens with zero attached hydrogens (tertiary/aromatic N) is 2. The molecular weight excluding hydrogens is 561 g/mol. The summed E-state index contributed by atoms with van der Waals surface area (Å²) in [5.41, 5.74) is -0.0499. The average Bonchev–Trinajstić information content (AvgIpc) is 3.52. The van der Waals surface area contributed by atoms with Gasteiger partial charge in [-0.15, -0.1) is 0 Å². The number of hydrogen-bond donors (Lipinski definition) is 2. The number of piperidine rings is 1. The maximum atomic E-state index is 13.6. The Morgan fingerprint density at radius 1 is 1.05 bits per heavy atom. The van der Waals surface area contributed by atoms with Crippen molar-refractivity contribution in [2.75, 3.05) is 26.3 Å². The van der Waals surface area contributed by atoms with Crippen LogP contribution in [0.3, 0.4) is 0 Å². The number of halogens is 7. The Hall–Kier alpha value is -3.40. The minimum atomic E-state index is -5.08. The molecule has 0 amide bonds. The van der Waals surface area contributed by atoms with Crippen LogP contribution in [0.5, 0.6) is 5.88 Å². The summed E-state index contributed by atoms with van der Waals surface area (Å²) in [4.78, 5) is 24.2. The smallest absolute Gasteiger partial charge is 0.476 e. The second-order valence-electron chi connectivity index (χ2n) is 8.79. The zero-order chi connectivity index (χ0) is 30.0. The lowest BCUT2D eigenvalue weighted by Crippen LogP contribution is -2.47. The lowest BCUT2D eigenvalue weighted by atomic mass is 9.78. The third-order valence-corrected chi connectivity index (χ3v) is 6.18. The number of hydrogen-bond acceptors (Lipinski definition) is 7. The van der Waals surface area contributed by atoms with E-state index in [2.05, 4.69) is 9.88 Å². The van der Waals surface area contributed by atoms with E-state index in [9.17, 15) is 30.7 Å². The van der Waals surface area contributed by atoms with Crippen molar-refractivity contribution in [1.29, 1.82) is 0 Å². The summed E-state index contributed by atoms with van der Waals surface area (Å²) in [5, 5.41) is 14.2. The van der Waals surface area contributed by atoms with Crippen molar-refractivity contribution in [2.45, 2.75) is 50.2 Å². The molecule has 0 radical (unpaired) electrons. The minimum Gasteiger partial charge on any atom is -0.476 e. The van der Waals surface area contributed by atoms with E-state index in [1.54, 1.807) is 18.5 Å². The molecule has 2 fully saturated rings. The highest BCUT2D eigenvalue weighted by Crippen LogP contribution is 2.42. The van der Waals surface area contributed by atoms with Gasteiger partial charge in [-0.25, -0.2) is 19.0 Å². The van der Waals surface area contributed by atoms with E-state index >= 15 is 0 Å². The average molecular weight is 588 g/mol. The third-order valence-electron chi connectivity index (χ3n) is 6.18. The maximum Gasteiger partial charge on any atom is 0.490 e. The zero-order valence-electron chi connectivity index (χ0n) is 20.9. The normalized spacial score (nSPS) is 18.7. The van der Waals surface area contributed by atoms with Crippen LogP contribution >= 0.6 is 0 Å². The second kappa shape index (κ2) is 14.3. The van der Waals surface area contributed by atoms with Crippen LogP contribution in [0.2, 0.25) is 0 Å². The number of carboxylic acids is 2.